The lowest BCUT2D eigenvalue weighted by molar-refractivity contribution is 0.0915. The molecule has 0 aromatic heterocycles. The summed E-state index contributed by atoms with van der Waals surface area (Å²) in [7, 11) is 1.26. The summed E-state index contributed by atoms with van der Waals surface area (Å²) >= 11 is 0. The van der Waals surface area contributed by atoms with Crippen molar-refractivity contribution in [3.05, 3.63) is 75.1 Å². The number of allylic oxidation sites excluding steroid dienone is 4. The summed E-state index contributed by atoms with van der Waals surface area (Å²) in [5.74, 6) is -3.40. The van der Waals surface area contributed by atoms with Gasteiger partial charge in [-0.2, -0.15) is 0 Å². The predicted octanol–water partition coefficient (Wildman–Crippen LogP) is 3.09. The number of aromatic hydroxyl groups is 2. The highest BCUT2D eigenvalue weighted by Crippen LogP contribution is 2.41. The molecule has 0 saturated heterocycles. The highest BCUT2D eigenvalue weighted by molar-refractivity contribution is 6.40. The van der Waals surface area contributed by atoms with Crippen LogP contribution >= 0.6 is 0 Å². The Morgan fingerprint density at radius 2 is 1.40 bits per heavy atom. The molecule has 0 spiro atoms. The fourth-order valence-corrected chi connectivity index (χ4v) is 3.91. The number of hydrogen-bond donors (Lipinski definition) is 2. The van der Waals surface area contributed by atoms with Crippen molar-refractivity contribution >= 4 is 28.7 Å². The van der Waals surface area contributed by atoms with Gasteiger partial charge in [-0.1, -0.05) is 0 Å². The maximum atomic E-state index is 13.2. The molecule has 0 fully saturated rings. The van der Waals surface area contributed by atoms with Crippen LogP contribution in [-0.2, 0) is 4.74 Å². The molecule has 2 aromatic carbocycles. The van der Waals surface area contributed by atoms with Gasteiger partial charge in [-0.25, -0.2) is 0 Å². The summed E-state index contributed by atoms with van der Waals surface area (Å²) < 4.78 is 4.92. The fourth-order valence-electron chi connectivity index (χ4n) is 3.91. The van der Waals surface area contributed by atoms with Gasteiger partial charge in [-0.05, 0) is 49.2 Å². The molecule has 0 aliphatic heterocycles. The number of rotatable bonds is 2. The van der Waals surface area contributed by atoms with E-state index in [1.54, 1.807) is 13.8 Å². The van der Waals surface area contributed by atoms with E-state index >= 15 is 0 Å². The molecule has 0 heterocycles. The second kappa shape index (κ2) is 6.52. The number of phenolic OH excluding ortho intramolecular Hbond substituents is 2. The van der Waals surface area contributed by atoms with Crippen LogP contribution in [0.3, 0.4) is 0 Å². The summed E-state index contributed by atoms with van der Waals surface area (Å²) in [6.07, 6.45) is 2.00. The standard InChI is InChI=1S/C23H16O7/c1-9-4-11-19(14(24)5-9)15(25)7-13(21(11)27)18-10(2)6-12-20(23(18)29)16(26)8-17(30-3)22(12)28/h4-8,24,29H,1-3H3. The number of fused-ring (bicyclic) bond motifs is 2. The van der Waals surface area contributed by atoms with Crippen LogP contribution in [0.2, 0.25) is 0 Å². The Morgan fingerprint density at radius 1 is 0.767 bits per heavy atom. The van der Waals surface area contributed by atoms with Gasteiger partial charge < -0.3 is 14.9 Å². The zero-order chi connectivity index (χ0) is 21.9. The quantitative estimate of drug-likeness (QED) is 0.790. The van der Waals surface area contributed by atoms with Crippen molar-refractivity contribution < 1.29 is 34.1 Å². The third-order valence-corrected chi connectivity index (χ3v) is 5.24. The zero-order valence-corrected chi connectivity index (χ0v) is 16.3. The Bertz CT molecular complexity index is 1280. The molecule has 4 rings (SSSR count). The van der Waals surface area contributed by atoms with E-state index in [9.17, 15) is 29.4 Å². The van der Waals surface area contributed by atoms with Crippen LogP contribution in [-0.4, -0.2) is 40.5 Å². The minimum atomic E-state index is -0.649. The summed E-state index contributed by atoms with van der Waals surface area (Å²) in [4.78, 5) is 50.8. The van der Waals surface area contributed by atoms with Gasteiger partial charge in [0.05, 0.1) is 18.2 Å². The van der Waals surface area contributed by atoms with Crippen LogP contribution in [0, 0.1) is 13.8 Å². The molecule has 0 atom stereocenters. The number of carbonyl (C=O) groups excluding carboxylic acids is 4. The molecule has 2 aliphatic carbocycles. The van der Waals surface area contributed by atoms with Crippen LogP contribution < -0.4 is 0 Å². The van der Waals surface area contributed by atoms with Crippen molar-refractivity contribution in [2.24, 2.45) is 0 Å². The topological polar surface area (TPSA) is 118 Å². The molecule has 2 aliphatic rings. The first-order valence-electron chi connectivity index (χ1n) is 9.01. The van der Waals surface area contributed by atoms with E-state index in [1.807, 2.05) is 0 Å². The number of carbonyl (C=O) groups is 4. The number of Topliss-reactive ketones (excluding diaryl/α,β-unsaturated/α-hetero) is 2. The van der Waals surface area contributed by atoms with Gasteiger partial charge in [-0.3, -0.25) is 19.2 Å². The van der Waals surface area contributed by atoms with Crippen LogP contribution in [0.4, 0.5) is 0 Å². The Morgan fingerprint density at radius 3 is 2.07 bits per heavy atom. The number of methoxy groups -OCH3 is 1. The van der Waals surface area contributed by atoms with E-state index < -0.39 is 28.9 Å². The van der Waals surface area contributed by atoms with Crippen molar-refractivity contribution in [1.82, 2.24) is 0 Å². The van der Waals surface area contributed by atoms with Crippen molar-refractivity contribution in [2.75, 3.05) is 7.11 Å². The van der Waals surface area contributed by atoms with Crippen LogP contribution in [0.1, 0.15) is 58.1 Å². The number of benzene rings is 2. The van der Waals surface area contributed by atoms with Crippen LogP contribution in [0.15, 0.2) is 36.1 Å². The molecule has 0 unspecified atom stereocenters. The molecule has 150 valence electrons. The van der Waals surface area contributed by atoms with Crippen LogP contribution in [0.25, 0.3) is 5.57 Å². The van der Waals surface area contributed by atoms with E-state index in [1.165, 1.54) is 25.3 Å². The van der Waals surface area contributed by atoms with Crippen molar-refractivity contribution in [3.63, 3.8) is 0 Å². The van der Waals surface area contributed by atoms with Gasteiger partial charge in [0.2, 0.25) is 5.78 Å². The minimum absolute atomic E-state index is 0.00540. The smallest absolute Gasteiger partial charge is 0.228 e. The largest absolute Gasteiger partial charge is 0.507 e. The van der Waals surface area contributed by atoms with Crippen molar-refractivity contribution in [2.45, 2.75) is 13.8 Å². The Balaban J connectivity index is 1.95. The second-order valence-corrected chi connectivity index (χ2v) is 7.20. The SMILES string of the molecule is COC1=CC(=O)c2c(cc(C)c(C3=CC(=O)c4c(O)cc(C)cc4C3=O)c2O)C1=O. The molecule has 0 radical (unpaired) electrons. The lowest BCUT2D eigenvalue weighted by Gasteiger charge is -2.22. The molecule has 0 bridgehead atoms. The van der Waals surface area contributed by atoms with E-state index in [0.29, 0.717) is 11.1 Å². The monoisotopic (exact) mass is 404 g/mol. The molecule has 0 amide bonds. The first-order valence-corrected chi connectivity index (χ1v) is 9.01. The molecule has 30 heavy (non-hydrogen) atoms. The molecular weight excluding hydrogens is 388 g/mol. The van der Waals surface area contributed by atoms with Crippen molar-refractivity contribution in [3.8, 4) is 11.5 Å². The molecule has 2 aromatic rings. The summed E-state index contributed by atoms with van der Waals surface area (Å²) in [6, 6.07) is 4.25. The van der Waals surface area contributed by atoms with Gasteiger partial charge in [0.15, 0.2) is 23.1 Å². The lowest BCUT2D eigenvalue weighted by Crippen LogP contribution is -2.21. The van der Waals surface area contributed by atoms with Gasteiger partial charge >= 0.3 is 0 Å². The molecule has 7 heteroatoms. The molecule has 0 saturated carbocycles. The van der Waals surface area contributed by atoms with E-state index in [4.69, 9.17) is 4.74 Å². The highest BCUT2D eigenvalue weighted by Gasteiger charge is 2.36. The Kier molecular flexibility index (Phi) is 4.20. The number of phenols is 2. The van der Waals surface area contributed by atoms with E-state index in [0.717, 1.165) is 12.2 Å². The zero-order valence-electron chi connectivity index (χ0n) is 16.3. The lowest BCUT2D eigenvalue weighted by atomic mass is 9.80. The van der Waals surface area contributed by atoms with Crippen LogP contribution in [0.5, 0.6) is 11.5 Å². The summed E-state index contributed by atoms with van der Waals surface area (Å²) in [5.41, 5.74) is 0.406. The average Bonchev–Trinajstić information content (AvgIpc) is 2.67. The van der Waals surface area contributed by atoms with Gasteiger partial charge in [0.25, 0.3) is 0 Å². The average molecular weight is 404 g/mol. The Hall–Kier alpha value is -4.00. The number of ketones is 4. The Labute approximate surface area is 170 Å². The third-order valence-electron chi connectivity index (χ3n) is 5.24. The number of hydrogen-bond acceptors (Lipinski definition) is 7. The molecule has 7 nitrogen and oxygen atoms in total. The second-order valence-electron chi connectivity index (χ2n) is 7.20. The normalized spacial score (nSPS) is 15.4. The van der Waals surface area contributed by atoms with E-state index in [-0.39, 0.29) is 44.9 Å². The third kappa shape index (κ3) is 2.59. The number of ether oxygens (including phenoxy) is 1. The highest BCUT2D eigenvalue weighted by atomic mass is 16.5. The molecule has 2 N–H and O–H groups in total. The first-order chi connectivity index (χ1) is 14.1. The van der Waals surface area contributed by atoms with Gasteiger partial charge in [0, 0.05) is 28.3 Å². The minimum Gasteiger partial charge on any atom is -0.507 e. The van der Waals surface area contributed by atoms with Gasteiger partial charge in [0.1, 0.15) is 11.5 Å². The first kappa shape index (κ1) is 19.3. The predicted molar refractivity (Wildman–Crippen MR) is 106 cm³/mol. The number of aryl methyl sites for hydroxylation is 2. The summed E-state index contributed by atoms with van der Waals surface area (Å²) in [5, 5.41) is 21.0. The summed E-state index contributed by atoms with van der Waals surface area (Å²) in [6.45, 7) is 3.22. The van der Waals surface area contributed by atoms with Crippen molar-refractivity contribution in [1.29, 1.82) is 0 Å². The van der Waals surface area contributed by atoms with E-state index in [2.05, 4.69) is 0 Å². The maximum absolute atomic E-state index is 13.2. The fraction of sp³-hybridized carbons (Fsp3) is 0.130. The maximum Gasteiger partial charge on any atom is 0.228 e. The molecular formula is C23H16O7. The van der Waals surface area contributed by atoms with Gasteiger partial charge in [-0.15, -0.1) is 0 Å².